The number of hydrogen-bond donors (Lipinski definition) is 0. The Kier molecular flexibility index (Phi) is 6.71. The van der Waals surface area contributed by atoms with Crippen LogP contribution < -0.4 is 0 Å². The number of hydrogen-bond acceptors (Lipinski definition) is 7. The summed E-state index contributed by atoms with van der Waals surface area (Å²) < 4.78 is 44.4. The van der Waals surface area contributed by atoms with Gasteiger partial charge in [-0.25, -0.2) is 13.1 Å². The summed E-state index contributed by atoms with van der Waals surface area (Å²) in [4.78, 5) is 18.2. The largest absolute Gasteiger partial charge is 0.378 e. The van der Waals surface area contributed by atoms with Crippen molar-refractivity contribution >= 4 is 26.5 Å². The van der Waals surface area contributed by atoms with Crippen LogP contribution in [0.5, 0.6) is 0 Å². The molecule has 4 heterocycles. The first kappa shape index (κ1) is 25.4. The first-order valence-corrected chi connectivity index (χ1v) is 16.0. The van der Waals surface area contributed by atoms with Gasteiger partial charge in [0.1, 0.15) is 0 Å². The number of benzene rings is 2. The van der Waals surface area contributed by atoms with Crippen LogP contribution in [0.4, 0.5) is 0 Å². The zero-order chi connectivity index (χ0) is 26.4. The van der Waals surface area contributed by atoms with E-state index in [0.29, 0.717) is 57.1 Å². The Balaban J connectivity index is 1.39. The lowest BCUT2D eigenvalue weighted by Crippen LogP contribution is -2.41. The first-order chi connectivity index (χ1) is 18.3. The molecule has 2 aromatic carbocycles. The van der Waals surface area contributed by atoms with Crippen LogP contribution in [0.15, 0.2) is 53.4 Å². The number of ether oxygens (including phenoxy) is 1. The SMILES string of the molecule is CS(=O)(=O)C1CCN(Cc2cccc(-n3nc(C(=O)N4CCOCC4)c4c3-c3ccccc3S(=O)C4)c2)C1. The minimum atomic E-state index is -3.06. The Morgan fingerprint density at radius 3 is 2.66 bits per heavy atom. The Hall–Kier alpha value is -2.86. The molecule has 0 saturated carbocycles. The highest BCUT2D eigenvalue weighted by Gasteiger charge is 2.34. The summed E-state index contributed by atoms with van der Waals surface area (Å²) in [7, 11) is -4.34. The normalized spacial score (nSPS) is 21.8. The van der Waals surface area contributed by atoms with Crippen LogP contribution in [0.2, 0.25) is 0 Å². The highest BCUT2D eigenvalue weighted by atomic mass is 32.2. The summed E-state index contributed by atoms with van der Waals surface area (Å²) in [6, 6.07) is 15.6. The van der Waals surface area contributed by atoms with Gasteiger partial charge in [-0.2, -0.15) is 5.10 Å². The number of amides is 1. The van der Waals surface area contributed by atoms with Gasteiger partial charge in [0, 0.05) is 48.5 Å². The lowest BCUT2D eigenvalue weighted by molar-refractivity contribution is 0.0298. The van der Waals surface area contributed by atoms with Crippen molar-refractivity contribution in [3.05, 3.63) is 65.4 Å². The molecule has 38 heavy (non-hydrogen) atoms. The Bertz CT molecular complexity index is 1530. The molecule has 2 fully saturated rings. The highest BCUT2D eigenvalue weighted by Crippen LogP contribution is 2.39. The van der Waals surface area contributed by atoms with Crippen molar-refractivity contribution in [3.63, 3.8) is 0 Å². The summed E-state index contributed by atoms with van der Waals surface area (Å²) in [5.41, 5.74) is 4.51. The van der Waals surface area contributed by atoms with E-state index in [4.69, 9.17) is 9.84 Å². The molecule has 0 radical (unpaired) electrons. The van der Waals surface area contributed by atoms with Gasteiger partial charge in [0.25, 0.3) is 5.91 Å². The second kappa shape index (κ2) is 10.0. The number of carbonyl (C=O) groups is 1. The monoisotopic (exact) mass is 554 g/mol. The van der Waals surface area contributed by atoms with Gasteiger partial charge >= 0.3 is 0 Å². The minimum absolute atomic E-state index is 0.167. The third kappa shape index (κ3) is 4.72. The summed E-state index contributed by atoms with van der Waals surface area (Å²) in [6.45, 7) is 3.86. The molecule has 9 nitrogen and oxygen atoms in total. The zero-order valence-corrected chi connectivity index (χ0v) is 22.8. The second-order valence-corrected chi connectivity index (χ2v) is 13.9. The van der Waals surface area contributed by atoms with Crippen molar-refractivity contribution in [2.75, 3.05) is 45.6 Å². The van der Waals surface area contributed by atoms with Crippen LogP contribution in [-0.4, -0.2) is 89.0 Å². The lowest BCUT2D eigenvalue weighted by atomic mass is 10.0. The summed E-state index contributed by atoms with van der Waals surface area (Å²) >= 11 is 0. The molecule has 2 unspecified atom stereocenters. The fraction of sp³-hybridized carbons (Fsp3) is 0.407. The average molecular weight is 555 g/mol. The summed E-state index contributed by atoms with van der Waals surface area (Å²) in [5, 5.41) is 4.52. The molecule has 3 aliphatic heterocycles. The van der Waals surface area contributed by atoms with Crippen molar-refractivity contribution < 1.29 is 22.2 Å². The predicted molar refractivity (Wildman–Crippen MR) is 144 cm³/mol. The van der Waals surface area contributed by atoms with Gasteiger partial charge in [-0.15, -0.1) is 0 Å². The van der Waals surface area contributed by atoms with Gasteiger partial charge < -0.3 is 9.64 Å². The molecule has 6 rings (SSSR count). The van der Waals surface area contributed by atoms with Crippen LogP contribution in [0.25, 0.3) is 16.9 Å². The number of carbonyl (C=O) groups excluding carboxylic acids is 1. The average Bonchev–Trinajstić information content (AvgIpc) is 3.54. The van der Waals surface area contributed by atoms with Crippen LogP contribution >= 0.6 is 0 Å². The van der Waals surface area contributed by atoms with Crippen LogP contribution in [0.1, 0.15) is 28.0 Å². The minimum Gasteiger partial charge on any atom is -0.378 e. The second-order valence-electron chi connectivity index (χ2n) is 10.1. The Labute approximate surface area is 224 Å². The fourth-order valence-electron chi connectivity index (χ4n) is 5.54. The van der Waals surface area contributed by atoms with E-state index in [0.717, 1.165) is 33.9 Å². The maximum Gasteiger partial charge on any atom is 0.274 e. The molecule has 2 atom stereocenters. The highest BCUT2D eigenvalue weighted by molar-refractivity contribution is 7.91. The van der Waals surface area contributed by atoms with Crippen molar-refractivity contribution in [2.24, 2.45) is 0 Å². The van der Waals surface area contributed by atoms with Crippen LogP contribution in [-0.2, 0) is 37.7 Å². The number of fused-ring (bicyclic) bond motifs is 3. The number of sulfone groups is 1. The molecule has 2 saturated heterocycles. The van der Waals surface area contributed by atoms with Crippen LogP contribution in [0.3, 0.4) is 0 Å². The number of nitrogens with zero attached hydrogens (tertiary/aromatic N) is 4. The quantitative estimate of drug-likeness (QED) is 0.477. The number of morpholine rings is 1. The van der Waals surface area contributed by atoms with E-state index in [2.05, 4.69) is 4.90 Å². The van der Waals surface area contributed by atoms with Crippen molar-refractivity contribution in [1.29, 1.82) is 0 Å². The van der Waals surface area contributed by atoms with Gasteiger partial charge in [0.15, 0.2) is 15.5 Å². The lowest BCUT2D eigenvalue weighted by Gasteiger charge is -2.26. The van der Waals surface area contributed by atoms with E-state index in [9.17, 15) is 17.4 Å². The molecule has 0 N–H and O–H groups in total. The number of likely N-dealkylation sites (tertiary alicyclic amines) is 1. The van der Waals surface area contributed by atoms with E-state index < -0.39 is 20.6 Å². The molecule has 200 valence electrons. The molecule has 3 aliphatic rings. The van der Waals surface area contributed by atoms with Gasteiger partial charge in [-0.1, -0.05) is 30.3 Å². The third-order valence-electron chi connectivity index (χ3n) is 7.54. The van der Waals surface area contributed by atoms with Gasteiger partial charge in [-0.05, 0) is 36.7 Å². The molecule has 1 aromatic heterocycles. The van der Waals surface area contributed by atoms with E-state index in [1.165, 1.54) is 6.26 Å². The molecule has 0 spiro atoms. The van der Waals surface area contributed by atoms with Gasteiger partial charge in [-0.3, -0.25) is 13.9 Å². The smallest absolute Gasteiger partial charge is 0.274 e. The molecule has 11 heteroatoms. The Morgan fingerprint density at radius 2 is 1.89 bits per heavy atom. The summed E-state index contributed by atoms with van der Waals surface area (Å²) in [5.74, 6) is 0.0673. The van der Waals surface area contributed by atoms with Crippen molar-refractivity contribution in [3.8, 4) is 16.9 Å². The molecular formula is C27H30N4O5S2. The van der Waals surface area contributed by atoms with Crippen molar-refractivity contribution in [2.45, 2.75) is 28.9 Å². The number of rotatable bonds is 5. The maximum absolute atomic E-state index is 13.6. The molecule has 0 aliphatic carbocycles. The van der Waals surface area contributed by atoms with E-state index in [1.54, 1.807) is 4.90 Å². The van der Waals surface area contributed by atoms with Gasteiger partial charge in [0.2, 0.25) is 0 Å². The first-order valence-electron chi connectivity index (χ1n) is 12.8. The standard InChI is InChI=1S/C27H30N4O5S2/c1-38(34,35)21-9-10-29(17-21)16-19-5-4-6-20(15-19)31-26-22-7-2-3-8-24(22)37(33)18-23(26)25(28-31)27(32)30-11-13-36-14-12-30/h2-8,15,21H,9-14,16-18H2,1H3. The molecule has 3 aromatic rings. The van der Waals surface area contributed by atoms with Gasteiger partial charge in [0.05, 0.1) is 46.4 Å². The summed E-state index contributed by atoms with van der Waals surface area (Å²) in [6.07, 6.45) is 1.95. The molecular weight excluding hydrogens is 524 g/mol. The maximum atomic E-state index is 13.6. The third-order valence-corrected chi connectivity index (χ3v) is 10.5. The zero-order valence-electron chi connectivity index (χ0n) is 21.2. The van der Waals surface area contributed by atoms with Crippen molar-refractivity contribution in [1.82, 2.24) is 19.6 Å². The Morgan fingerprint density at radius 1 is 1.11 bits per heavy atom. The fourth-order valence-corrected chi connectivity index (χ4v) is 7.89. The van der Waals surface area contributed by atoms with E-state index in [-0.39, 0.29) is 16.9 Å². The van der Waals surface area contributed by atoms with Crippen LogP contribution in [0, 0.1) is 0 Å². The van der Waals surface area contributed by atoms with E-state index in [1.807, 2.05) is 53.2 Å². The molecule has 1 amide bonds. The topological polar surface area (TPSA) is 102 Å². The van der Waals surface area contributed by atoms with E-state index >= 15 is 0 Å². The predicted octanol–water partition coefficient (Wildman–Crippen LogP) is 2.25. The molecule has 0 bridgehead atoms. The number of aromatic nitrogens is 2.